The van der Waals surface area contributed by atoms with E-state index in [9.17, 15) is 0 Å². The predicted octanol–water partition coefficient (Wildman–Crippen LogP) is 3.30. The summed E-state index contributed by atoms with van der Waals surface area (Å²) in [6.45, 7) is 7.93. The van der Waals surface area contributed by atoms with Crippen LogP contribution in [0, 0.1) is 5.41 Å². The van der Waals surface area contributed by atoms with E-state index in [1.54, 1.807) is 0 Å². The first kappa shape index (κ1) is 14.1. The highest BCUT2D eigenvalue weighted by Crippen LogP contribution is 2.43. The maximum Gasteiger partial charge on any atom is 0.0586 e. The molecule has 1 aliphatic heterocycles. The SMILES string of the molecule is CC1(C)CCCN(C2(CN)CCCc3ccccc32)C1. The summed E-state index contributed by atoms with van der Waals surface area (Å²) in [6, 6.07) is 8.98. The Morgan fingerprint density at radius 3 is 2.70 bits per heavy atom. The van der Waals surface area contributed by atoms with Crippen molar-refractivity contribution in [2.45, 2.75) is 51.5 Å². The second kappa shape index (κ2) is 5.16. The fourth-order valence-corrected chi connectivity index (χ4v) is 4.36. The maximum atomic E-state index is 6.33. The second-order valence-electron chi connectivity index (χ2n) is 7.44. The summed E-state index contributed by atoms with van der Waals surface area (Å²) >= 11 is 0. The fourth-order valence-electron chi connectivity index (χ4n) is 4.36. The van der Waals surface area contributed by atoms with Crippen molar-refractivity contribution in [3.63, 3.8) is 0 Å². The molecule has 3 rings (SSSR count). The summed E-state index contributed by atoms with van der Waals surface area (Å²) in [6.07, 6.45) is 6.35. The van der Waals surface area contributed by atoms with Crippen LogP contribution in [0.3, 0.4) is 0 Å². The van der Waals surface area contributed by atoms with Gasteiger partial charge in [0.1, 0.15) is 0 Å². The molecule has 0 bridgehead atoms. The number of aryl methyl sites for hydroxylation is 1. The number of likely N-dealkylation sites (tertiary alicyclic amines) is 1. The number of piperidine rings is 1. The van der Waals surface area contributed by atoms with E-state index in [1.807, 2.05) is 0 Å². The first-order valence-corrected chi connectivity index (χ1v) is 8.11. The third kappa shape index (κ3) is 2.29. The minimum atomic E-state index is 0.0898. The molecule has 110 valence electrons. The van der Waals surface area contributed by atoms with Gasteiger partial charge >= 0.3 is 0 Å². The Kier molecular flexibility index (Phi) is 3.64. The first-order chi connectivity index (χ1) is 9.57. The Labute approximate surface area is 123 Å². The zero-order valence-corrected chi connectivity index (χ0v) is 13.0. The number of benzene rings is 1. The molecule has 0 spiro atoms. The third-order valence-electron chi connectivity index (χ3n) is 5.40. The quantitative estimate of drug-likeness (QED) is 0.895. The fraction of sp³-hybridized carbons (Fsp3) is 0.667. The average Bonchev–Trinajstić information content (AvgIpc) is 2.45. The average molecular weight is 272 g/mol. The molecule has 1 fully saturated rings. The largest absolute Gasteiger partial charge is 0.328 e. The van der Waals surface area contributed by atoms with Crippen LogP contribution < -0.4 is 5.73 Å². The van der Waals surface area contributed by atoms with Crippen molar-refractivity contribution in [2.75, 3.05) is 19.6 Å². The molecular formula is C18H28N2. The lowest BCUT2D eigenvalue weighted by atomic mass is 9.72. The van der Waals surface area contributed by atoms with E-state index in [0.717, 1.165) is 6.54 Å². The Balaban J connectivity index is 2.00. The molecular weight excluding hydrogens is 244 g/mol. The number of hydrogen-bond acceptors (Lipinski definition) is 2. The van der Waals surface area contributed by atoms with Crippen LogP contribution in [0.4, 0.5) is 0 Å². The van der Waals surface area contributed by atoms with Gasteiger partial charge in [-0.1, -0.05) is 38.1 Å². The number of nitrogens with zero attached hydrogens (tertiary/aromatic N) is 1. The molecule has 2 aliphatic rings. The van der Waals surface area contributed by atoms with E-state index >= 15 is 0 Å². The van der Waals surface area contributed by atoms with Crippen LogP contribution in [-0.2, 0) is 12.0 Å². The highest BCUT2D eigenvalue weighted by atomic mass is 15.2. The van der Waals surface area contributed by atoms with Crippen molar-refractivity contribution in [3.8, 4) is 0 Å². The minimum absolute atomic E-state index is 0.0898. The smallest absolute Gasteiger partial charge is 0.0586 e. The molecule has 20 heavy (non-hydrogen) atoms. The molecule has 1 aromatic carbocycles. The van der Waals surface area contributed by atoms with Gasteiger partial charge in [0.2, 0.25) is 0 Å². The molecule has 0 amide bonds. The molecule has 0 radical (unpaired) electrons. The van der Waals surface area contributed by atoms with Gasteiger partial charge in [0.05, 0.1) is 5.54 Å². The van der Waals surface area contributed by atoms with Gasteiger partial charge in [0, 0.05) is 13.1 Å². The first-order valence-electron chi connectivity index (χ1n) is 8.11. The molecule has 0 aromatic heterocycles. The highest BCUT2D eigenvalue weighted by molar-refractivity contribution is 5.37. The van der Waals surface area contributed by atoms with Crippen LogP contribution in [0.2, 0.25) is 0 Å². The Hall–Kier alpha value is -0.860. The van der Waals surface area contributed by atoms with E-state index < -0.39 is 0 Å². The van der Waals surface area contributed by atoms with Gasteiger partial charge in [-0.3, -0.25) is 4.90 Å². The van der Waals surface area contributed by atoms with Crippen LogP contribution in [0.15, 0.2) is 24.3 Å². The van der Waals surface area contributed by atoms with Crippen LogP contribution >= 0.6 is 0 Å². The lowest BCUT2D eigenvalue weighted by molar-refractivity contribution is 0.00514. The van der Waals surface area contributed by atoms with Gasteiger partial charge in [-0.25, -0.2) is 0 Å². The van der Waals surface area contributed by atoms with Crippen LogP contribution in [0.25, 0.3) is 0 Å². The molecule has 1 atom stereocenters. The topological polar surface area (TPSA) is 29.3 Å². The Bertz CT molecular complexity index is 480. The third-order valence-corrected chi connectivity index (χ3v) is 5.40. The van der Waals surface area contributed by atoms with Crippen molar-refractivity contribution < 1.29 is 0 Å². The maximum absolute atomic E-state index is 6.33. The highest BCUT2D eigenvalue weighted by Gasteiger charge is 2.43. The zero-order chi connectivity index (χ0) is 14.2. The summed E-state index contributed by atoms with van der Waals surface area (Å²) in [5, 5.41) is 0. The Morgan fingerprint density at radius 2 is 1.95 bits per heavy atom. The summed E-state index contributed by atoms with van der Waals surface area (Å²) in [7, 11) is 0. The zero-order valence-electron chi connectivity index (χ0n) is 13.0. The molecule has 1 saturated heterocycles. The summed E-state index contributed by atoms with van der Waals surface area (Å²) in [5.74, 6) is 0. The predicted molar refractivity (Wildman–Crippen MR) is 84.7 cm³/mol. The molecule has 1 heterocycles. The van der Waals surface area contributed by atoms with E-state index in [1.165, 1.54) is 56.3 Å². The summed E-state index contributed by atoms with van der Waals surface area (Å²) < 4.78 is 0. The van der Waals surface area contributed by atoms with Crippen molar-refractivity contribution in [2.24, 2.45) is 11.1 Å². The number of nitrogens with two attached hydrogens (primary N) is 1. The molecule has 2 heteroatoms. The number of fused-ring (bicyclic) bond motifs is 1. The number of hydrogen-bond donors (Lipinski definition) is 1. The van der Waals surface area contributed by atoms with Gasteiger partial charge in [-0.15, -0.1) is 0 Å². The molecule has 1 aromatic rings. The van der Waals surface area contributed by atoms with E-state index in [0.29, 0.717) is 5.41 Å². The number of rotatable bonds is 2. The summed E-state index contributed by atoms with van der Waals surface area (Å²) in [5.41, 5.74) is 9.87. The van der Waals surface area contributed by atoms with Crippen molar-refractivity contribution in [3.05, 3.63) is 35.4 Å². The normalized spacial score (nSPS) is 29.9. The monoisotopic (exact) mass is 272 g/mol. The van der Waals surface area contributed by atoms with Gasteiger partial charge < -0.3 is 5.73 Å². The van der Waals surface area contributed by atoms with Gasteiger partial charge in [0.25, 0.3) is 0 Å². The lowest BCUT2D eigenvalue weighted by Gasteiger charge is -2.52. The minimum Gasteiger partial charge on any atom is -0.328 e. The van der Waals surface area contributed by atoms with Crippen LogP contribution in [-0.4, -0.2) is 24.5 Å². The second-order valence-corrected chi connectivity index (χ2v) is 7.44. The van der Waals surface area contributed by atoms with Crippen molar-refractivity contribution >= 4 is 0 Å². The molecule has 0 saturated carbocycles. The Morgan fingerprint density at radius 1 is 1.15 bits per heavy atom. The van der Waals surface area contributed by atoms with Crippen LogP contribution in [0.1, 0.15) is 50.7 Å². The van der Waals surface area contributed by atoms with Crippen molar-refractivity contribution in [1.82, 2.24) is 4.90 Å². The summed E-state index contributed by atoms with van der Waals surface area (Å²) in [4.78, 5) is 2.70. The van der Waals surface area contributed by atoms with E-state index in [2.05, 4.69) is 43.0 Å². The lowest BCUT2D eigenvalue weighted by Crippen LogP contribution is -2.57. The molecule has 2 N–H and O–H groups in total. The van der Waals surface area contributed by atoms with E-state index in [-0.39, 0.29) is 5.54 Å². The van der Waals surface area contributed by atoms with Crippen LogP contribution in [0.5, 0.6) is 0 Å². The van der Waals surface area contributed by atoms with Crippen molar-refractivity contribution in [1.29, 1.82) is 0 Å². The molecule has 1 unspecified atom stereocenters. The standard InChI is InChI=1S/C18H28N2/c1-17(2)10-6-12-20(14-17)18(13-19)11-5-8-15-7-3-4-9-16(15)18/h3-4,7,9H,5-6,8,10-14,19H2,1-2H3. The van der Waals surface area contributed by atoms with Gasteiger partial charge in [0.15, 0.2) is 0 Å². The van der Waals surface area contributed by atoms with Gasteiger partial charge in [-0.05, 0) is 55.2 Å². The molecule has 1 aliphatic carbocycles. The molecule has 2 nitrogen and oxygen atoms in total. The van der Waals surface area contributed by atoms with E-state index in [4.69, 9.17) is 5.73 Å². The van der Waals surface area contributed by atoms with Gasteiger partial charge in [-0.2, -0.15) is 0 Å².